The highest BCUT2D eigenvalue weighted by molar-refractivity contribution is 5.94. The van der Waals surface area contributed by atoms with Gasteiger partial charge in [-0.05, 0) is 86.7 Å². The van der Waals surface area contributed by atoms with Crippen molar-refractivity contribution >= 4 is 11.6 Å². The van der Waals surface area contributed by atoms with E-state index in [1.165, 1.54) is 63.7 Å². The highest BCUT2D eigenvalue weighted by atomic mass is 16.1. The highest BCUT2D eigenvalue weighted by Gasteiger charge is 2.39. The van der Waals surface area contributed by atoms with Crippen LogP contribution in [0.25, 0.3) is 0 Å². The summed E-state index contributed by atoms with van der Waals surface area (Å²) in [7, 11) is 0. The molecule has 1 aromatic rings. The van der Waals surface area contributed by atoms with E-state index in [0.29, 0.717) is 12.0 Å². The summed E-state index contributed by atoms with van der Waals surface area (Å²) in [5, 5.41) is 3.04. The van der Waals surface area contributed by atoms with Crippen molar-refractivity contribution in [2.45, 2.75) is 71.8 Å². The first-order valence-corrected chi connectivity index (χ1v) is 11.7. The minimum Gasteiger partial charge on any atom is -0.371 e. The molecule has 0 radical (unpaired) electrons. The van der Waals surface area contributed by atoms with Crippen molar-refractivity contribution < 1.29 is 4.79 Å². The zero-order valence-electron chi connectivity index (χ0n) is 18.7. The number of hydrogen-bond acceptors (Lipinski definition) is 3. The zero-order chi connectivity index (χ0) is 20.5. The van der Waals surface area contributed by atoms with Gasteiger partial charge in [0.15, 0.2) is 0 Å². The number of piperidine rings is 2. The molecular weight excluding hydrogens is 358 g/mol. The van der Waals surface area contributed by atoms with E-state index < -0.39 is 0 Å². The molecule has 3 aliphatic rings. The molecule has 1 aliphatic carbocycles. The van der Waals surface area contributed by atoms with Crippen LogP contribution >= 0.6 is 0 Å². The van der Waals surface area contributed by atoms with Gasteiger partial charge in [-0.3, -0.25) is 4.79 Å². The molecule has 2 aliphatic heterocycles. The Labute approximate surface area is 177 Å². The number of carbonyl (C=O) groups is 1. The van der Waals surface area contributed by atoms with E-state index in [-0.39, 0.29) is 11.3 Å². The predicted octanol–water partition coefficient (Wildman–Crippen LogP) is 4.70. The fourth-order valence-electron chi connectivity index (χ4n) is 5.13. The van der Waals surface area contributed by atoms with Gasteiger partial charge in [0.1, 0.15) is 0 Å². The van der Waals surface area contributed by atoms with Gasteiger partial charge < -0.3 is 15.1 Å². The average Bonchev–Trinajstić information content (AvgIpc) is 2.67. The topological polar surface area (TPSA) is 35.6 Å². The largest absolute Gasteiger partial charge is 0.371 e. The second-order valence-electron chi connectivity index (χ2n) is 10.9. The molecule has 1 spiro atoms. The Morgan fingerprint density at radius 2 is 1.59 bits per heavy atom. The maximum Gasteiger partial charge on any atom is 0.251 e. The summed E-state index contributed by atoms with van der Waals surface area (Å²) in [4.78, 5) is 17.6. The van der Waals surface area contributed by atoms with Gasteiger partial charge in [-0.2, -0.15) is 0 Å². The first kappa shape index (κ1) is 20.7. The van der Waals surface area contributed by atoms with Crippen LogP contribution in [-0.2, 0) is 0 Å². The van der Waals surface area contributed by atoms with Crippen molar-refractivity contribution in [3.8, 4) is 0 Å². The summed E-state index contributed by atoms with van der Waals surface area (Å²) in [5.41, 5.74) is 2.71. The molecule has 160 valence electrons. The van der Waals surface area contributed by atoms with Gasteiger partial charge in [-0.25, -0.2) is 0 Å². The number of rotatable bonds is 4. The van der Waals surface area contributed by atoms with Crippen molar-refractivity contribution in [3.63, 3.8) is 0 Å². The Morgan fingerprint density at radius 1 is 1.00 bits per heavy atom. The zero-order valence-corrected chi connectivity index (χ0v) is 18.7. The molecular formula is C25H39N3O. The third-order valence-electron chi connectivity index (χ3n) is 7.55. The van der Waals surface area contributed by atoms with E-state index in [2.05, 4.69) is 48.0 Å². The SMILES string of the molecule is CC(C)(C)CNC(=O)c1ccc(N2CCC3(CC2)CCN(C2CCC2)CC3)cc1. The molecule has 4 rings (SSSR count). The van der Waals surface area contributed by atoms with Crippen LogP contribution in [0.3, 0.4) is 0 Å². The number of likely N-dealkylation sites (tertiary alicyclic amines) is 1. The second-order valence-corrected chi connectivity index (χ2v) is 10.9. The van der Waals surface area contributed by atoms with Gasteiger partial charge >= 0.3 is 0 Å². The summed E-state index contributed by atoms with van der Waals surface area (Å²) < 4.78 is 0. The molecule has 4 nitrogen and oxygen atoms in total. The monoisotopic (exact) mass is 397 g/mol. The third-order valence-corrected chi connectivity index (χ3v) is 7.55. The molecule has 0 aromatic heterocycles. The molecule has 2 heterocycles. The van der Waals surface area contributed by atoms with Crippen LogP contribution in [-0.4, -0.2) is 49.6 Å². The molecule has 0 bridgehead atoms. The van der Waals surface area contributed by atoms with Gasteiger partial charge in [0.25, 0.3) is 5.91 Å². The summed E-state index contributed by atoms with van der Waals surface area (Å²) in [6.45, 7) is 12.0. The highest BCUT2D eigenvalue weighted by Crippen LogP contribution is 2.43. The van der Waals surface area contributed by atoms with Crippen molar-refractivity contribution in [2.24, 2.45) is 10.8 Å². The van der Waals surface area contributed by atoms with Crippen LogP contribution in [0, 0.1) is 10.8 Å². The summed E-state index contributed by atoms with van der Waals surface area (Å²) in [6, 6.07) is 9.13. The standard InChI is InChI=1S/C25H39N3O/c1-24(2,3)19-26-23(29)20-7-9-22(10-8-20)28-17-13-25(14-18-28)11-15-27(16-12-25)21-5-4-6-21/h7-10,21H,4-6,11-19H2,1-3H3,(H,26,29). The quantitative estimate of drug-likeness (QED) is 0.800. The van der Waals surface area contributed by atoms with E-state index in [4.69, 9.17) is 0 Å². The molecule has 2 saturated heterocycles. The smallest absolute Gasteiger partial charge is 0.251 e. The van der Waals surface area contributed by atoms with Gasteiger partial charge in [0, 0.05) is 36.9 Å². The molecule has 0 atom stereocenters. The number of carbonyl (C=O) groups excluding carboxylic acids is 1. The van der Waals surface area contributed by atoms with Crippen LogP contribution in [0.15, 0.2) is 24.3 Å². The van der Waals surface area contributed by atoms with Gasteiger partial charge in [0.2, 0.25) is 0 Å². The number of nitrogens with zero attached hydrogens (tertiary/aromatic N) is 2. The lowest BCUT2D eigenvalue weighted by Crippen LogP contribution is -2.50. The normalized spacial score (nSPS) is 23.1. The number of nitrogens with one attached hydrogen (secondary N) is 1. The van der Waals surface area contributed by atoms with E-state index >= 15 is 0 Å². The summed E-state index contributed by atoms with van der Waals surface area (Å²) in [5.74, 6) is 0.0299. The Kier molecular flexibility index (Phi) is 5.92. The Morgan fingerprint density at radius 3 is 2.10 bits per heavy atom. The fourth-order valence-corrected chi connectivity index (χ4v) is 5.13. The average molecular weight is 398 g/mol. The van der Waals surface area contributed by atoms with Crippen molar-refractivity contribution in [1.82, 2.24) is 10.2 Å². The lowest BCUT2D eigenvalue weighted by Gasteiger charge is -2.50. The Bertz CT molecular complexity index is 684. The first-order chi connectivity index (χ1) is 13.8. The number of benzene rings is 1. The predicted molar refractivity (Wildman–Crippen MR) is 121 cm³/mol. The van der Waals surface area contributed by atoms with Gasteiger partial charge in [0.05, 0.1) is 0 Å². The minimum absolute atomic E-state index is 0.0299. The summed E-state index contributed by atoms with van der Waals surface area (Å²) >= 11 is 0. The van der Waals surface area contributed by atoms with Crippen LogP contribution < -0.4 is 10.2 Å². The molecule has 1 N–H and O–H groups in total. The van der Waals surface area contributed by atoms with E-state index in [1.807, 2.05) is 12.1 Å². The maximum absolute atomic E-state index is 12.4. The number of amides is 1. The van der Waals surface area contributed by atoms with E-state index in [1.54, 1.807) is 0 Å². The van der Waals surface area contributed by atoms with Gasteiger partial charge in [-0.1, -0.05) is 27.2 Å². The minimum atomic E-state index is 0.0299. The number of hydrogen-bond donors (Lipinski definition) is 1. The molecule has 0 unspecified atom stereocenters. The van der Waals surface area contributed by atoms with Crippen LogP contribution in [0.5, 0.6) is 0 Å². The molecule has 4 heteroatoms. The van der Waals surface area contributed by atoms with Crippen LogP contribution in [0.2, 0.25) is 0 Å². The van der Waals surface area contributed by atoms with Gasteiger partial charge in [-0.15, -0.1) is 0 Å². The molecule has 1 amide bonds. The van der Waals surface area contributed by atoms with Crippen molar-refractivity contribution in [1.29, 1.82) is 0 Å². The Balaban J connectivity index is 1.27. The maximum atomic E-state index is 12.4. The third kappa shape index (κ3) is 4.96. The lowest BCUT2D eigenvalue weighted by molar-refractivity contribution is 0.0306. The first-order valence-electron chi connectivity index (χ1n) is 11.7. The summed E-state index contributed by atoms with van der Waals surface area (Å²) in [6.07, 6.45) is 9.74. The van der Waals surface area contributed by atoms with Crippen LogP contribution in [0.1, 0.15) is 76.1 Å². The Hall–Kier alpha value is -1.55. The van der Waals surface area contributed by atoms with E-state index in [0.717, 1.165) is 24.7 Å². The number of anilines is 1. The fraction of sp³-hybridized carbons (Fsp3) is 0.720. The lowest BCUT2D eigenvalue weighted by atomic mass is 9.70. The molecule has 1 saturated carbocycles. The van der Waals surface area contributed by atoms with Crippen molar-refractivity contribution in [3.05, 3.63) is 29.8 Å². The second kappa shape index (κ2) is 8.29. The van der Waals surface area contributed by atoms with Crippen molar-refractivity contribution in [2.75, 3.05) is 37.6 Å². The molecule has 3 fully saturated rings. The molecule has 1 aromatic carbocycles. The van der Waals surface area contributed by atoms with Crippen LogP contribution in [0.4, 0.5) is 5.69 Å². The molecule has 29 heavy (non-hydrogen) atoms. The van der Waals surface area contributed by atoms with E-state index in [9.17, 15) is 4.79 Å².